The molecule has 3 fully saturated rings. The molecule has 1 aliphatic heterocycles. The molecule has 178 valence electrons. The highest BCUT2D eigenvalue weighted by atomic mass is 19.1. The molecule has 0 aromatic carbocycles. The van der Waals surface area contributed by atoms with Crippen LogP contribution in [0.4, 0.5) is 4.39 Å². The number of carbonyl (C=O) groups excluding carboxylic acids is 1. The van der Waals surface area contributed by atoms with Crippen LogP contribution in [0, 0.1) is 11.8 Å². The molecule has 0 spiro atoms. The van der Waals surface area contributed by atoms with E-state index in [1.54, 1.807) is 0 Å². The van der Waals surface area contributed by atoms with Crippen LogP contribution >= 0.6 is 0 Å². The fraction of sp³-hybridized carbons (Fsp3) is 0.913. The van der Waals surface area contributed by atoms with Crippen LogP contribution in [-0.4, -0.2) is 48.5 Å². The van der Waals surface area contributed by atoms with Gasteiger partial charge in [-0.1, -0.05) is 6.42 Å². The Labute approximate surface area is 186 Å². The lowest BCUT2D eigenvalue weighted by Crippen LogP contribution is -2.52. The summed E-state index contributed by atoms with van der Waals surface area (Å²) in [5.41, 5.74) is 6.40. The minimum atomic E-state index is -0.639. The lowest BCUT2D eigenvalue weighted by molar-refractivity contribution is -0.126. The maximum Gasteiger partial charge on any atom is 0.229 e. The summed E-state index contributed by atoms with van der Waals surface area (Å²) < 4.78 is 19.2. The zero-order valence-electron chi connectivity index (χ0n) is 19.7. The summed E-state index contributed by atoms with van der Waals surface area (Å²) in [6, 6.07) is 0.290. The predicted octanol–water partition coefficient (Wildman–Crippen LogP) is 3.16. The van der Waals surface area contributed by atoms with Gasteiger partial charge in [0.15, 0.2) is 5.96 Å². The summed E-state index contributed by atoms with van der Waals surface area (Å²) in [5, 5.41) is 6.42. The van der Waals surface area contributed by atoms with Gasteiger partial charge in [0.05, 0.1) is 6.10 Å². The Hall–Kier alpha value is -1.25. The predicted molar refractivity (Wildman–Crippen MR) is 121 cm³/mol. The van der Waals surface area contributed by atoms with Crippen molar-refractivity contribution < 1.29 is 13.9 Å². The molecule has 1 heterocycles. The first-order valence-electron chi connectivity index (χ1n) is 12.2. The fourth-order valence-electron chi connectivity index (χ4n) is 5.03. The first kappa shape index (κ1) is 24.4. The second kappa shape index (κ2) is 11.1. The highest BCUT2D eigenvalue weighted by molar-refractivity contribution is 5.98. The number of carbonyl (C=O) groups is 1. The number of nitrogens with zero attached hydrogens (tertiary/aromatic N) is 1. The molecule has 31 heavy (non-hydrogen) atoms. The molecule has 1 amide bonds. The number of alkyl halides is 1. The van der Waals surface area contributed by atoms with Crippen LogP contribution < -0.4 is 21.5 Å². The molecule has 4 atom stereocenters. The van der Waals surface area contributed by atoms with Crippen molar-refractivity contribution in [2.24, 2.45) is 16.8 Å². The highest BCUT2D eigenvalue weighted by Crippen LogP contribution is 2.31. The molecule has 1 saturated heterocycles. The number of amides is 1. The van der Waals surface area contributed by atoms with Gasteiger partial charge in [-0.15, -0.1) is 0 Å². The molecule has 3 aliphatic rings. The van der Waals surface area contributed by atoms with Crippen LogP contribution in [0.25, 0.3) is 0 Å². The van der Waals surface area contributed by atoms with Crippen LogP contribution in [0.5, 0.6) is 0 Å². The quantitative estimate of drug-likeness (QED) is 0.391. The zero-order chi connectivity index (χ0) is 22.4. The van der Waals surface area contributed by atoms with Gasteiger partial charge in [-0.3, -0.25) is 15.5 Å². The number of halogens is 1. The lowest BCUT2D eigenvalue weighted by Gasteiger charge is -2.30. The Balaban J connectivity index is 1.59. The summed E-state index contributed by atoms with van der Waals surface area (Å²) in [6.45, 7) is 8.85. The van der Waals surface area contributed by atoms with Crippen molar-refractivity contribution in [2.75, 3.05) is 6.61 Å². The molecule has 4 unspecified atom stereocenters. The van der Waals surface area contributed by atoms with Crippen LogP contribution in [0.3, 0.4) is 0 Å². The van der Waals surface area contributed by atoms with E-state index in [4.69, 9.17) is 9.73 Å². The van der Waals surface area contributed by atoms with Gasteiger partial charge in [0.25, 0.3) is 0 Å². The van der Waals surface area contributed by atoms with E-state index in [1.165, 1.54) is 0 Å². The maximum atomic E-state index is 13.5. The fourth-order valence-corrected chi connectivity index (χ4v) is 5.03. The topological polar surface area (TPSA) is 86.8 Å². The summed E-state index contributed by atoms with van der Waals surface area (Å²) in [4.78, 5) is 17.8. The molecule has 7 nitrogen and oxygen atoms in total. The van der Waals surface area contributed by atoms with Gasteiger partial charge in [0, 0.05) is 30.5 Å². The standard InChI is InChI=1S/C23H42FN5O2/c1-5-31-18-8-6-7-16(13-18)21(30)26-22(27-23(2,3)4)25-20-14-19(28-29-20)15-9-11-17(24)12-10-15/h15-20,28-29H,5-14H2,1-4H3,(H2,25,26,27,30). The van der Waals surface area contributed by atoms with Gasteiger partial charge in [0.1, 0.15) is 12.3 Å². The molecular weight excluding hydrogens is 397 g/mol. The van der Waals surface area contributed by atoms with E-state index in [9.17, 15) is 9.18 Å². The normalized spacial score (nSPS) is 35.1. The average molecular weight is 440 g/mol. The van der Waals surface area contributed by atoms with E-state index in [1.807, 2.05) is 6.92 Å². The summed E-state index contributed by atoms with van der Waals surface area (Å²) in [7, 11) is 0. The van der Waals surface area contributed by atoms with Crippen LogP contribution in [0.15, 0.2) is 4.99 Å². The van der Waals surface area contributed by atoms with E-state index in [0.29, 0.717) is 31.3 Å². The summed E-state index contributed by atoms with van der Waals surface area (Å²) in [5.74, 6) is 0.966. The first-order chi connectivity index (χ1) is 14.7. The molecule has 2 aliphatic carbocycles. The van der Waals surface area contributed by atoms with E-state index < -0.39 is 6.17 Å². The molecule has 0 bridgehead atoms. The number of hydrazine groups is 1. The zero-order valence-corrected chi connectivity index (χ0v) is 19.7. The van der Waals surface area contributed by atoms with Crippen LogP contribution in [-0.2, 0) is 9.53 Å². The Morgan fingerprint density at radius 1 is 1.10 bits per heavy atom. The summed E-state index contributed by atoms with van der Waals surface area (Å²) in [6.07, 6.45) is 7.11. The van der Waals surface area contributed by atoms with Gasteiger partial charge in [0.2, 0.25) is 5.91 Å². The van der Waals surface area contributed by atoms with Crippen molar-refractivity contribution >= 4 is 11.9 Å². The molecular formula is C23H42FN5O2. The Bertz CT molecular complexity index is 614. The minimum Gasteiger partial charge on any atom is -0.378 e. The third kappa shape index (κ3) is 7.68. The van der Waals surface area contributed by atoms with Gasteiger partial charge < -0.3 is 10.1 Å². The number of rotatable bonds is 5. The first-order valence-corrected chi connectivity index (χ1v) is 12.2. The third-order valence-corrected chi connectivity index (χ3v) is 6.60. The largest absolute Gasteiger partial charge is 0.378 e. The number of hydrogen-bond acceptors (Lipinski definition) is 5. The van der Waals surface area contributed by atoms with E-state index >= 15 is 0 Å². The average Bonchev–Trinajstić information content (AvgIpc) is 3.16. The van der Waals surface area contributed by atoms with E-state index in [2.05, 4.69) is 42.3 Å². The van der Waals surface area contributed by atoms with Crippen molar-refractivity contribution in [2.45, 2.75) is 116 Å². The number of nitrogens with one attached hydrogen (secondary N) is 4. The maximum absolute atomic E-state index is 13.5. The number of ether oxygens (including phenoxy) is 1. The van der Waals surface area contributed by atoms with E-state index in [0.717, 1.165) is 44.9 Å². The molecule has 0 aromatic heterocycles. The molecule has 0 aromatic rings. The van der Waals surface area contributed by atoms with Gasteiger partial charge in [-0.2, -0.15) is 0 Å². The van der Waals surface area contributed by atoms with Crippen molar-refractivity contribution in [3.05, 3.63) is 0 Å². The third-order valence-electron chi connectivity index (χ3n) is 6.60. The van der Waals surface area contributed by atoms with Crippen molar-refractivity contribution in [1.29, 1.82) is 0 Å². The minimum absolute atomic E-state index is 0.0173. The van der Waals surface area contributed by atoms with Crippen molar-refractivity contribution in [3.63, 3.8) is 0 Å². The smallest absolute Gasteiger partial charge is 0.229 e. The number of hydrogen-bond donors (Lipinski definition) is 4. The lowest BCUT2D eigenvalue weighted by atomic mass is 9.82. The van der Waals surface area contributed by atoms with Gasteiger partial charge >= 0.3 is 0 Å². The summed E-state index contributed by atoms with van der Waals surface area (Å²) >= 11 is 0. The second-order valence-corrected chi connectivity index (χ2v) is 10.4. The molecule has 2 saturated carbocycles. The van der Waals surface area contributed by atoms with Gasteiger partial charge in [-0.25, -0.2) is 14.8 Å². The number of guanidine groups is 1. The van der Waals surface area contributed by atoms with Gasteiger partial charge in [-0.05, 0) is 78.6 Å². The molecule has 4 N–H and O–H groups in total. The van der Waals surface area contributed by atoms with Crippen LogP contribution in [0.2, 0.25) is 0 Å². The highest BCUT2D eigenvalue weighted by Gasteiger charge is 2.34. The SMILES string of the molecule is CCOC1CCCC(C(=O)N/C(=N/C2CC(C3CCC(F)CC3)NN2)NC(C)(C)C)C1. The molecule has 3 rings (SSSR count). The van der Waals surface area contributed by atoms with Crippen molar-refractivity contribution in [1.82, 2.24) is 21.5 Å². The van der Waals surface area contributed by atoms with Crippen molar-refractivity contribution in [3.8, 4) is 0 Å². The molecule has 0 radical (unpaired) electrons. The molecule has 8 heteroatoms. The number of aliphatic imine (C=N–C) groups is 1. The monoisotopic (exact) mass is 439 g/mol. The Morgan fingerprint density at radius 2 is 1.84 bits per heavy atom. The Kier molecular flexibility index (Phi) is 8.70. The van der Waals surface area contributed by atoms with E-state index in [-0.39, 0.29) is 35.7 Å². The Morgan fingerprint density at radius 3 is 2.52 bits per heavy atom. The van der Waals surface area contributed by atoms with Crippen LogP contribution in [0.1, 0.15) is 85.5 Å². The second-order valence-electron chi connectivity index (χ2n) is 10.4.